The van der Waals surface area contributed by atoms with E-state index in [0.717, 1.165) is 29.1 Å². The molecule has 1 fully saturated rings. The van der Waals surface area contributed by atoms with E-state index in [-0.39, 0.29) is 5.91 Å². The van der Waals surface area contributed by atoms with E-state index in [4.69, 9.17) is 4.74 Å². The predicted molar refractivity (Wildman–Crippen MR) is 101 cm³/mol. The number of carbonyl (C=O) groups excluding carboxylic acids is 1. The van der Waals surface area contributed by atoms with E-state index in [2.05, 4.69) is 28.4 Å². The summed E-state index contributed by atoms with van der Waals surface area (Å²) in [7, 11) is 1.67. The van der Waals surface area contributed by atoms with Crippen LogP contribution < -0.4 is 10.1 Å². The van der Waals surface area contributed by atoms with Gasteiger partial charge in [-0.1, -0.05) is 18.2 Å². The molecule has 2 aromatic carbocycles. The van der Waals surface area contributed by atoms with Crippen LogP contribution in [0.2, 0.25) is 0 Å². The van der Waals surface area contributed by atoms with Crippen molar-refractivity contribution in [2.75, 3.05) is 19.0 Å². The Balaban J connectivity index is 1.61. The summed E-state index contributed by atoms with van der Waals surface area (Å²) in [5, 5.41) is 3.04. The van der Waals surface area contributed by atoms with Crippen LogP contribution in [0.5, 0.6) is 5.75 Å². The second-order valence-corrected chi connectivity index (χ2v) is 6.91. The third-order valence-corrected chi connectivity index (χ3v) is 4.46. The lowest BCUT2D eigenvalue weighted by atomic mass is 10.1. The van der Waals surface area contributed by atoms with Crippen LogP contribution >= 0.6 is 0 Å². The van der Waals surface area contributed by atoms with Crippen molar-refractivity contribution in [2.24, 2.45) is 0 Å². The first-order valence-electron chi connectivity index (χ1n) is 8.78. The molecule has 1 aliphatic carbocycles. The minimum absolute atomic E-state index is 0.0467. The van der Waals surface area contributed by atoms with E-state index in [1.54, 1.807) is 7.11 Å². The molecule has 4 heteroatoms. The average Bonchev–Trinajstić information content (AvgIpc) is 3.38. The summed E-state index contributed by atoms with van der Waals surface area (Å²) < 4.78 is 5.21. The second-order valence-electron chi connectivity index (χ2n) is 6.91. The average molecular weight is 338 g/mol. The maximum Gasteiger partial charge on any atom is 0.238 e. The smallest absolute Gasteiger partial charge is 0.238 e. The van der Waals surface area contributed by atoms with E-state index < -0.39 is 0 Å². The molecule has 1 amide bonds. The number of methoxy groups -OCH3 is 1. The van der Waals surface area contributed by atoms with Crippen LogP contribution in [0.15, 0.2) is 42.5 Å². The van der Waals surface area contributed by atoms with Crippen molar-refractivity contribution < 1.29 is 9.53 Å². The number of amides is 1. The molecule has 0 heterocycles. The first-order chi connectivity index (χ1) is 12.0. The Bertz CT molecular complexity index is 716. The topological polar surface area (TPSA) is 41.6 Å². The molecule has 0 unspecified atom stereocenters. The number of nitrogens with zero attached hydrogens (tertiary/aromatic N) is 1. The van der Waals surface area contributed by atoms with Gasteiger partial charge in [0.05, 0.1) is 13.7 Å². The number of hydrogen-bond donors (Lipinski definition) is 1. The Morgan fingerprint density at radius 3 is 2.32 bits per heavy atom. The second kappa shape index (κ2) is 7.70. The molecule has 3 rings (SSSR count). The lowest BCUT2D eigenvalue weighted by molar-refractivity contribution is -0.117. The molecule has 0 aliphatic heterocycles. The summed E-state index contributed by atoms with van der Waals surface area (Å²) in [5.74, 6) is 0.902. The molecular weight excluding hydrogens is 312 g/mol. The van der Waals surface area contributed by atoms with Gasteiger partial charge >= 0.3 is 0 Å². The molecule has 2 aromatic rings. The Morgan fingerprint density at radius 1 is 1.12 bits per heavy atom. The number of ether oxygens (including phenoxy) is 1. The molecule has 0 bridgehead atoms. The Kier molecular flexibility index (Phi) is 5.39. The molecule has 132 valence electrons. The zero-order valence-electron chi connectivity index (χ0n) is 15.2. The summed E-state index contributed by atoms with van der Waals surface area (Å²) in [6.45, 7) is 5.30. The molecule has 0 saturated heterocycles. The van der Waals surface area contributed by atoms with Gasteiger partial charge in [0, 0.05) is 18.3 Å². The van der Waals surface area contributed by atoms with Gasteiger partial charge in [-0.15, -0.1) is 0 Å². The van der Waals surface area contributed by atoms with Gasteiger partial charge in [0.25, 0.3) is 0 Å². The highest BCUT2D eigenvalue weighted by atomic mass is 16.5. The van der Waals surface area contributed by atoms with E-state index in [0.29, 0.717) is 12.6 Å². The highest BCUT2D eigenvalue weighted by Gasteiger charge is 2.30. The van der Waals surface area contributed by atoms with Crippen LogP contribution in [0.3, 0.4) is 0 Å². The number of anilines is 1. The van der Waals surface area contributed by atoms with E-state index in [1.807, 2.05) is 38.1 Å². The summed E-state index contributed by atoms with van der Waals surface area (Å²) in [6.07, 6.45) is 2.35. The van der Waals surface area contributed by atoms with Gasteiger partial charge in [0.15, 0.2) is 0 Å². The third-order valence-electron chi connectivity index (χ3n) is 4.46. The molecule has 0 spiro atoms. The number of aryl methyl sites for hydroxylation is 2. The van der Waals surface area contributed by atoms with Gasteiger partial charge in [0.1, 0.15) is 5.75 Å². The Morgan fingerprint density at radius 2 is 1.76 bits per heavy atom. The number of nitrogens with one attached hydrogen (secondary N) is 1. The molecule has 1 saturated carbocycles. The van der Waals surface area contributed by atoms with Crippen molar-refractivity contribution in [3.05, 3.63) is 59.2 Å². The van der Waals surface area contributed by atoms with Crippen LogP contribution in [-0.4, -0.2) is 30.5 Å². The molecule has 0 radical (unpaired) electrons. The van der Waals surface area contributed by atoms with Gasteiger partial charge in [-0.05, 0) is 67.6 Å². The predicted octanol–water partition coefficient (Wildman–Crippen LogP) is 3.92. The number of rotatable bonds is 7. The lowest BCUT2D eigenvalue weighted by Crippen LogP contribution is -2.34. The van der Waals surface area contributed by atoms with Gasteiger partial charge in [-0.3, -0.25) is 9.69 Å². The SMILES string of the molecule is COc1ccc(CN(CC(=O)Nc2cc(C)cc(C)c2)C2CC2)cc1. The fourth-order valence-corrected chi connectivity index (χ4v) is 3.15. The third kappa shape index (κ3) is 5.07. The fraction of sp³-hybridized carbons (Fsp3) is 0.381. The first kappa shape index (κ1) is 17.5. The summed E-state index contributed by atoms with van der Waals surface area (Å²) in [6, 6.07) is 14.7. The van der Waals surface area contributed by atoms with Crippen molar-refractivity contribution in [3.63, 3.8) is 0 Å². The Hall–Kier alpha value is -2.33. The minimum Gasteiger partial charge on any atom is -0.497 e. The van der Waals surface area contributed by atoms with Crippen LogP contribution in [-0.2, 0) is 11.3 Å². The van der Waals surface area contributed by atoms with Crippen LogP contribution in [0.25, 0.3) is 0 Å². The van der Waals surface area contributed by atoms with Crippen molar-refractivity contribution in [1.82, 2.24) is 4.90 Å². The zero-order chi connectivity index (χ0) is 17.8. The molecule has 1 aliphatic rings. The molecule has 1 N–H and O–H groups in total. The molecule has 0 aromatic heterocycles. The highest BCUT2D eigenvalue weighted by Crippen LogP contribution is 2.28. The number of carbonyl (C=O) groups is 1. The van der Waals surface area contributed by atoms with Crippen molar-refractivity contribution >= 4 is 11.6 Å². The fourth-order valence-electron chi connectivity index (χ4n) is 3.15. The summed E-state index contributed by atoms with van der Waals surface area (Å²) >= 11 is 0. The van der Waals surface area contributed by atoms with Gasteiger partial charge in [-0.25, -0.2) is 0 Å². The normalized spacial score (nSPS) is 13.8. The van der Waals surface area contributed by atoms with Crippen molar-refractivity contribution in [1.29, 1.82) is 0 Å². The maximum absolute atomic E-state index is 12.5. The molecule has 0 atom stereocenters. The molecule has 4 nitrogen and oxygen atoms in total. The van der Waals surface area contributed by atoms with E-state index >= 15 is 0 Å². The van der Waals surface area contributed by atoms with Crippen LogP contribution in [0.4, 0.5) is 5.69 Å². The van der Waals surface area contributed by atoms with Crippen molar-refractivity contribution in [3.8, 4) is 5.75 Å². The van der Waals surface area contributed by atoms with Crippen LogP contribution in [0.1, 0.15) is 29.5 Å². The lowest BCUT2D eigenvalue weighted by Gasteiger charge is -2.21. The van der Waals surface area contributed by atoms with Crippen LogP contribution in [0, 0.1) is 13.8 Å². The monoisotopic (exact) mass is 338 g/mol. The first-order valence-corrected chi connectivity index (χ1v) is 8.78. The molecule has 25 heavy (non-hydrogen) atoms. The molecular formula is C21H26N2O2. The number of benzene rings is 2. The quantitative estimate of drug-likeness (QED) is 0.832. The van der Waals surface area contributed by atoms with Gasteiger partial charge in [-0.2, -0.15) is 0 Å². The van der Waals surface area contributed by atoms with Gasteiger partial charge < -0.3 is 10.1 Å². The standard InChI is InChI=1S/C21H26N2O2/c1-15-10-16(2)12-18(11-15)22-21(24)14-23(19-6-7-19)13-17-4-8-20(25-3)9-5-17/h4-5,8-12,19H,6-7,13-14H2,1-3H3,(H,22,24). The van der Waals surface area contributed by atoms with E-state index in [1.165, 1.54) is 18.4 Å². The maximum atomic E-state index is 12.5. The minimum atomic E-state index is 0.0467. The highest BCUT2D eigenvalue weighted by molar-refractivity contribution is 5.92. The van der Waals surface area contributed by atoms with E-state index in [9.17, 15) is 4.79 Å². The Labute approximate surface area is 149 Å². The zero-order valence-corrected chi connectivity index (χ0v) is 15.2. The number of hydrogen-bond acceptors (Lipinski definition) is 3. The summed E-state index contributed by atoms with van der Waals surface area (Å²) in [4.78, 5) is 14.8. The van der Waals surface area contributed by atoms with Crippen molar-refractivity contribution in [2.45, 2.75) is 39.3 Å². The largest absolute Gasteiger partial charge is 0.497 e. The van der Waals surface area contributed by atoms with Gasteiger partial charge in [0.2, 0.25) is 5.91 Å². The summed E-state index contributed by atoms with van der Waals surface area (Å²) in [5.41, 5.74) is 4.40.